The molecule has 2 aliphatic heterocycles. The summed E-state index contributed by atoms with van der Waals surface area (Å²) in [6.45, 7) is 24.5. The molecule has 2 saturated heterocycles. The molecule has 13 atom stereocenters. The van der Waals surface area contributed by atoms with Crippen LogP contribution in [0.25, 0.3) is 0 Å². The molecule has 2 aliphatic rings. The largest absolute Gasteiger partial charge is 0.391 e. The molecule has 12 amide bonds. The van der Waals surface area contributed by atoms with E-state index in [-0.39, 0.29) is 93.0 Å². The van der Waals surface area contributed by atoms with Gasteiger partial charge >= 0.3 is 0 Å². The minimum absolute atomic E-state index is 0.0167. The Morgan fingerprint density at radius 2 is 0.952 bits per heavy atom. The predicted molar refractivity (Wildman–Crippen MR) is 402 cm³/mol. The summed E-state index contributed by atoms with van der Waals surface area (Å²) in [7, 11) is 10.6. The maximum absolute atomic E-state index is 15.1. The third-order valence-corrected chi connectivity index (χ3v) is 20.8. The van der Waals surface area contributed by atoms with Crippen LogP contribution < -0.4 is 21.3 Å². The Bertz CT molecular complexity index is 3160. The normalized spacial score (nSPS) is 26.2. The van der Waals surface area contributed by atoms with Gasteiger partial charge in [0.2, 0.25) is 70.9 Å². The fourth-order valence-electron chi connectivity index (χ4n) is 13.8. The molecule has 25 heteroatoms. The molecule has 0 spiro atoms. The number of aliphatic hydroxyl groups is 1. The third-order valence-electron chi connectivity index (χ3n) is 20.8. The fraction of sp³-hybridized carbons (Fsp3) is 0.696. The summed E-state index contributed by atoms with van der Waals surface area (Å²) in [5, 5.41) is 23.2. The van der Waals surface area contributed by atoms with Crippen molar-refractivity contribution in [1.29, 1.82) is 0 Å². The maximum Gasteiger partial charge on any atom is 0.245 e. The maximum atomic E-state index is 15.1. The standard InChI is InChI=1S/C79H128N12O13/c1-21-53(10)61-44-68(93)84(14)47-54(11)76(101)90(20)66(41-57-31-25-22-26-32-57)75(100)82-63(39-51(6)7)73(98)83-64(78(103)91-35-29-24-30-36-91)46-70(95)86(16)55(12)77(102)87(17)60(38-50(4)5)43-69(94)88(18)65(40-52(8)9)74(99)81-62(56(13)92)45-71(96)89(19)67(42-58-33-27-23-28-34-58)79(104)85(15)48-59(37-49(2)3)72(97)80-61/h22-23,25-28,31-34,49-56,59-67,92H,21,24,29-30,35-48H2,1-20H3,(H,80,97)(H,81,99)(H,82,100)(H,83,98)/t53-,54+,55-,56+,59+,60-,61+,62+,63-,64-,65-,66-,67-/m0/s1. The van der Waals surface area contributed by atoms with E-state index in [9.17, 15) is 53.1 Å². The molecule has 582 valence electrons. The van der Waals surface area contributed by atoms with E-state index in [4.69, 9.17) is 0 Å². The number of likely N-dealkylation sites (N-methyl/N-ethyl adjacent to an activating group) is 6. The molecule has 104 heavy (non-hydrogen) atoms. The highest BCUT2D eigenvalue weighted by Gasteiger charge is 2.41. The van der Waals surface area contributed by atoms with Gasteiger partial charge in [-0.2, -0.15) is 0 Å². The summed E-state index contributed by atoms with van der Waals surface area (Å²) >= 11 is 0. The van der Waals surface area contributed by atoms with E-state index in [1.165, 1.54) is 76.3 Å². The van der Waals surface area contributed by atoms with Crippen molar-refractivity contribution in [2.45, 2.75) is 240 Å². The van der Waals surface area contributed by atoms with E-state index in [1.807, 2.05) is 118 Å². The molecule has 2 aromatic carbocycles. The first-order chi connectivity index (χ1) is 48.8. The zero-order valence-corrected chi connectivity index (χ0v) is 66.2. The number of piperidine rings is 1. The second kappa shape index (κ2) is 42.3. The van der Waals surface area contributed by atoms with Gasteiger partial charge in [-0.1, -0.05) is 143 Å². The lowest BCUT2D eigenvalue weighted by Gasteiger charge is -2.37. The SMILES string of the molecule is CC[C@H](C)[C@H]1CC(=O)N(C)C[C@@H](C)C(=O)N(C)[C@@H](Cc2ccccc2)C(=O)N[C@@H](CC(C)C)C(=O)N[C@H](C(=O)N2CCCCC2)CC(=O)N(C)[C@@H](C)C(=O)N(C)[C@@H](CC(C)C)CC(=O)N(C)[C@@H](CC(C)C)C(=O)N[C@@H]([C@@H](C)O)CC(=O)N(C)[C@@H](Cc2ccccc2)C(=O)N(C)C[C@@H](CC(C)C)C(=O)N1. The molecule has 0 bridgehead atoms. The average Bonchev–Trinajstić information content (AvgIpc) is 0.861. The van der Waals surface area contributed by atoms with Crippen molar-refractivity contribution in [2.75, 3.05) is 75.5 Å². The van der Waals surface area contributed by atoms with Gasteiger partial charge in [0.15, 0.2) is 0 Å². The Kier molecular flexibility index (Phi) is 35.9. The molecule has 2 heterocycles. The molecule has 25 nitrogen and oxygen atoms in total. The van der Waals surface area contributed by atoms with E-state index >= 15 is 9.59 Å². The summed E-state index contributed by atoms with van der Waals surface area (Å²) in [5.41, 5.74) is 1.45. The van der Waals surface area contributed by atoms with E-state index in [1.54, 1.807) is 45.1 Å². The predicted octanol–water partition coefficient (Wildman–Crippen LogP) is 5.93. The Morgan fingerprint density at radius 1 is 0.462 bits per heavy atom. The van der Waals surface area contributed by atoms with Crippen LogP contribution in [0.3, 0.4) is 0 Å². The van der Waals surface area contributed by atoms with E-state index in [0.29, 0.717) is 50.8 Å². The number of aliphatic hydroxyl groups excluding tert-OH is 1. The first kappa shape index (κ1) is 88.4. The van der Waals surface area contributed by atoms with Crippen molar-refractivity contribution in [2.24, 2.45) is 41.4 Å². The van der Waals surface area contributed by atoms with Crippen molar-refractivity contribution >= 4 is 70.9 Å². The zero-order chi connectivity index (χ0) is 78.1. The van der Waals surface area contributed by atoms with Gasteiger partial charge in [0.25, 0.3) is 0 Å². The number of amides is 12. The lowest BCUT2D eigenvalue weighted by Crippen LogP contribution is -2.59. The average molecular weight is 1450 g/mol. The van der Waals surface area contributed by atoms with Crippen molar-refractivity contribution in [3.8, 4) is 0 Å². The molecule has 2 aromatic rings. The summed E-state index contributed by atoms with van der Waals surface area (Å²) in [4.78, 5) is 188. The van der Waals surface area contributed by atoms with Crippen LogP contribution in [0.5, 0.6) is 0 Å². The molecule has 0 aromatic heterocycles. The molecule has 4 rings (SSSR count). The van der Waals surface area contributed by atoms with E-state index < -0.39 is 144 Å². The first-order valence-electron chi connectivity index (χ1n) is 37.8. The monoisotopic (exact) mass is 1450 g/mol. The highest BCUT2D eigenvalue weighted by molar-refractivity contribution is 5.97. The quantitative estimate of drug-likeness (QED) is 0.130. The number of hydrogen-bond donors (Lipinski definition) is 5. The van der Waals surface area contributed by atoms with Crippen LogP contribution in [-0.4, -0.2) is 251 Å². The lowest BCUT2D eigenvalue weighted by atomic mass is 9.92. The summed E-state index contributed by atoms with van der Waals surface area (Å²) in [5.74, 6) is -8.71. The van der Waals surface area contributed by atoms with Crippen LogP contribution in [-0.2, 0) is 70.4 Å². The van der Waals surface area contributed by atoms with Crippen LogP contribution in [0.2, 0.25) is 0 Å². The van der Waals surface area contributed by atoms with Crippen LogP contribution >= 0.6 is 0 Å². The molecular weight excluding hydrogens is 1320 g/mol. The van der Waals surface area contributed by atoms with Crippen molar-refractivity contribution in [3.63, 3.8) is 0 Å². The van der Waals surface area contributed by atoms with Gasteiger partial charge in [-0.05, 0) is 99.5 Å². The van der Waals surface area contributed by atoms with Gasteiger partial charge in [0.1, 0.15) is 36.3 Å². The van der Waals surface area contributed by atoms with Gasteiger partial charge in [-0.3, -0.25) is 57.5 Å². The molecule has 0 aliphatic carbocycles. The summed E-state index contributed by atoms with van der Waals surface area (Å²) < 4.78 is 0. The Balaban J connectivity index is 1.87. The minimum Gasteiger partial charge on any atom is -0.391 e. The van der Waals surface area contributed by atoms with Crippen molar-refractivity contribution in [1.82, 2.24) is 60.5 Å². The van der Waals surface area contributed by atoms with Crippen molar-refractivity contribution < 1.29 is 62.6 Å². The van der Waals surface area contributed by atoms with Gasteiger partial charge in [-0.15, -0.1) is 0 Å². The number of benzene rings is 2. The van der Waals surface area contributed by atoms with Crippen LogP contribution in [0, 0.1) is 41.4 Å². The van der Waals surface area contributed by atoms with Crippen LogP contribution in [0.1, 0.15) is 178 Å². The molecule has 0 saturated carbocycles. The van der Waals surface area contributed by atoms with E-state index in [2.05, 4.69) is 21.3 Å². The second-order valence-electron chi connectivity index (χ2n) is 31.5. The number of nitrogens with one attached hydrogen (secondary N) is 4. The third kappa shape index (κ3) is 26.9. The summed E-state index contributed by atoms with van der Waals surface area (Å²) in [6.07, 6.45) is 1.29. The van der Waals surface area contributed by atoms with Gasteiger partial charge in [0.05, 0.1) is 30.4 Å². The number of nitrogens with zero attached hydrogens (tertiary/aromatic N) is 8. The Hall–Kier alpha value is -7.96. The Morgan fingerprint density at radius 3 is 1.48 bits per heavy atom. The molecule has 0 radical (unpaired) electrons. The smallest absolute Gasteiger partial charge is 0.245 e. The highest BCUT2D eigenvalue weighted by Crippen LogP contribution is 2.25. The molecule has 5 N–H and O–H groups in total. The highest BCUT2D eigenvalue weighted by atomic mass is 16.3. The Labute approximate surface area is 620 Å². The van der Waals surface area contributed by atoms with Gasteiger partial charge < -0.3 is 65.6 Å². The topological polar surface area (TPSA) is 299 Å². The summed E-state index contributed by atoms with van der Waals surface area (Å²) in [6, 6.07) is 8.34. The molecule has 2 fully saturated rings. The second-order valence-corrected chi connectivity index (χ2v) is 31.5. The molecule has 0 unspecified atom stereocenters. The number of carbonyl (C=O) groups is 12. The zero-order valence-electron chi connectivity index (χ0n) is 66.2. The van der Waals surface area contributed by atoms with Crippen LogP contribution in [0.4, 0.5) is 0 Å². The number of carbonyl (C=O) groups excluding carboxylic acids is 12. The first-order valence-corrected chi connectivity index (χ1v) is 37.8. The van der Waals surface area contributed by atoms with E-state index in [0.717, 1.165) is 12.0 Å². The number of likely N-dealkylation sites (tertiary alicyclic amines) is 1. The number of hydrogen-bond acceptors (Lipinski definition) is 13. The minimum atomic E-state index is -1.43. The lowest BCUT2D eigenvalue weighted by molar-refractivity contribution is -0.148. The van der Waals surface area contributed by atoms with Gasteiger partial charge in [0, 0.05) is 120 Å². The van der Waals surface area contributed by atoms with Crippen LogP contribution in [0.15, 0.2) is 60.7 Å². The van der Waals surface area contributed by atoms with Gasteiger partial charge in [-0.25, -0.2) is 0 Å². The number of rotatable bonds is 16. The molecular formula is C79H128N12O13. The fourth-order valence-corrected chi connectivity index (χ4v) is 13.8. The van der Waals surface area contributed by atoms with Crippen molar-refractivity contribution in [3.05, 3.63) is 71.8 Å².